The second-order valence-corrected chi connectivity index (χ2v) is 5.75. The predicted molar refractivity (Wildman–Crippen MR) is 67.7 cm³/mol. The summed E-state index contributed by atoms with van der Waals surface area (Å²) in [5, 5.41) is 0. The molecule has 1 fully saturated rings. The molecular formula is C13H18BrN. The van der Waals surface area contributed by atoms with Gasteiger partial charge in [-0.2, -0.15) is 0 Å². The maximum absolute atomic E-state index is 5.93. The summed E-state index contributed by atoms with van der Waals surface area (Å²) >= 11 is 3.61. The van der Waals surface area contributed by atoms with Gasteiger partial charge >= 0.3 is 0 Å². The topological polar surface area (TPSA) is 26.0 Å². The van der Waals surface area contributed by atoms with E-state index in [-0.39, 0.29) is 0 Å². The van der Waals surface area contributed by atoms with E-state index in [9.17, 15) is 0 Å². The minimum atomic E-state index is 0.296. The van der Waals surface area contributed by atoms with E-state index in [0.29, 0.717) is 5.41 Å². The number of rotatable bonds is 4. The van der Waals surface area contributed by atoms with Crippen molar-refractivity contribution < 1.29 is 0 Å². The molecule has 1 unspecified atom stereocenters. The number of nitrogens with two attached hydrogens (primary N) is 1. The number of benzene rings is 1. The van der Waals surface area contributed by atoms with Gasteiger partial charge in [0.25, 0.3) is 0 Å². The molecule has 15 heavy (non-hydrogen) atoms. The third-order valence-electron chi connectivity index (χ3n) is 3.58. The van der Waals surface area contributed by atoms with Crippen molar-refractivity contribution in [3.63, 3.8) is 0 Å². The second-order valence-electron chi connectivity index (χ2n) is 4.90. The average molecular weight is 268 g/mol. The van der Waals surface area contributed by atoms with E-state index in [1.165, 1.54) is 22.9 Å². The van der Waals surface area contributed by atoms with Gasteiger partial charge in [-0.3, -0.25) is 0 Å². The zero-order valence-electron chi connectivity index (χ0n) is 9.17. The highest BCUT2D eigenvalue weighted by molar-refractivity contribution is 9.10. The van der Waals surface area contributed by atoms with E-state index in [0.717, 1.165) is 18.9 Å². The summed E-state index contributed by atoms with van der Waals surface area (Å²) in [6.45, 7) is 3.11. The third kappa shape index (κ3) is 2.43. The van der Waals surface area contributed by atoms with Crippen LogP contribution in [-0.4, -0.2) is 6.54 Å². The molecule has 0 bridgehead atoms. The Morgan fingerprint density at radius 1 is 1.40 bits per heavy atom. The first-order chi connectivity index (χ1) is 7.15. The Balaban J connectivity index is 2.16. The summed E-state index contributed by atoms with van der Waals surface area (Å²) in [4.78, 5) is 0. The van der Waals surface area contributed by atoms with Gasteiger partial charge in [0.05, 0.1) is 0 Å². The minimum absolute atomic E-state index is 0.296. The average Bonchev–Trinajstić information content (AvgIpc) is 3.05. The molecule has 0 radical (unpaired) electrons. The molecule has 1 aliphatic carbocycles. The molecule has 2 N–H and O–H groups in total. The monoisotopic (exact) mass is 267 g/mol. The van der Waals surface area contributed by atoms with Crippen molar-refractivity contribution in [2.45, 2.75) is 26.2 Å². The normalized spacial score (nSPS) is 19.9. The molecule has 1 aromatic carbocycles. The lowest BCUT2D eigenvalue weighted by atomic mass is 9.79. The van der Waals surface area contributed by atoms with Gasteiger partial charge in [0.15, 0.2) is 0 Å². The maximum Gasteiger partial charge on any atom is 0.0207 e. The SMILES string of the molecule is CC(CN)(Cc1ccccc1Br)C1CC1. The molecule has 2 rings (SSSR count). The van der Waals surface area contributed by atoms with Gasteiger partial charge in [-0.15, -0.1) is 0 Å². The number of hydrogen-bond donors (Lipinski definition) is 1. The molecule has 1 aromatic rings. The van der Waals surface area contributed by atoms with Crippen LogP contribution < -0.4 is 5.73 Å². The van der Waals surface area contributed by atoms with E-state index in [2.05, 4.69) is 47.1 Å². The predicted octanol–water partition coefficient (Wildman–Crippen LogP) is 3.37. The highest BCUT2D eigenvalue weighted by Gasteiger charge is 2.40. The summed E-state index contributed by atoms with van der Waals surface area (Å²) in [5.74, 6) is 0.842. The molecule has 0 amide bonds. The summed E-state index contributed by atoms with van der Waals surface area (Å²) in [6, 6.07) is 8.47. The lowest BCUT2D eigenvalue weighted by Gasteiger charge is -2.28. The molecule has 2 heteroatoms. The quantitative estimate of drug-likeness (QED) is 0.890. The van der Waals surface area contributed by atoms with Gasteiger partial charge in [0.1, 0.15) is 0 Å². The van der Waals surface area contributed by atoms with Crippen molar-refractivity contribution in [3.8, 4) is 0 Å². The Morgan fingerprint density at radius 2 is 2.07 bits per heavy atom. The van der Waals surface area contributed by atoms with E-state index >= 15 is 0 Å². The van der Waals surface area contributed by atoms with Crippen molar-refractivity contribution in [2.75, 3.05) is 6.54 Å². The Hall–Kier alpha value is -0.340. The maximum atomic E-state index is 5.93. The Labute approximate surface area is 100 Å². The molecule has 0 aliphatic heterocycles. The minimum Gasteiger partial charge on any atom is -0.330 e. The summed E-state index contributed by atoms with van der Waals surface area (Å²) < 4.78 is 1.21. The largest absolute Gasteiger partial charge is 0.330 e. The van der Waals surface area contributed by atoms with E-state index in [1.807, 2.05) is 0 Å². The molecule has 0 aromatic heterocycles. The van der Waals surface area contributed by atoms with Crippen LogP contribution in [0.3, 0.4) is 0 Å². The Kier molecular flexibility index (Phi) is 3.17. The van der Waals surface area contributed by atoms with Crippen LogP contribution in [-0.2, 0) is 6.42 Å². The lowest BCUT2D eigenvalue weighted by Crippen LogP contribution is -2.31. The summed E-state index contributed by atoms with van der Waals surface area (Å²) in [6.07, 6.45) is 3.81. The molecule has 1 saturated carbocycles. The van der Waals surface area contributed by atoms with E-state index in [1.54, 1.807) is 0 Å². The molecule has 0 saturated heterocycles. The first kappa shape index (κ1) is 11.2. The molecule has 0 heterocycles. The van der Waals surface area contributed by atoms with E-state index in [4.69, 9.17) is 5.73 Å². The first-order valence-corrected chi connectivity index (χ1v) is 6.38. The second kappa shape index (κ2) is 4.26. The highest BCUT2D eigenvalue weighted by Crippen LogP contribution is 2.47. The summed E-state index contributed by atoms with van der Waals surface area (Å²) in [7, 11) is 0. The highest BCUT2D eigenvalue weighted by atomic mass is 79.9. The van der Waals surface area contributed by atoms with Crippen LogP contribution in [0.4, 0.5) is 0 Å². The van der Waals surface area contributed by atoms with Crippen LogP contribution in [0.25, 0.3) is 0 Å². The first-order valence-electron chi connectivity index (χ1n) is 5.59. The molecule has 1 aliphatic rings. The van der Waals surface area contributed by atoms with Gasteiger partial charge in [0.2, 0.25) is 0 Å². The van der Waals surface area contributed by atoms with Crippen LogP contribution in [0.2, 0.25) is 0 Å². The molecule has 1 atom stereocenters. The van der Waals surface area contributed by atoms with Gasteiger partial charge in [-0.05, 0) is 48.8 Å². The van der Waals surface area contributed by atoms with E-state index < -0.39 is 0 Å². The van der Waals surface area contributed by atoms with Crippen molar-refractivity contribution in [2.24, 2.45) is 17.1 Å². The zero-order valence-corrected chi connectivity index (χ0v) is 10.8. The van der Waals surface area contributed by atoms with Crippen molar-refractivity contribution in [3.05, 3.63) is 34.3 Å². The Bertz CT molecular complexity index is 346. The number of hydrogen-bond acceptors (Lipinski definition) is 1. The standard InChI is InChI=1S/C13H18BrN/c1-13(9-15,11-6-7-11)8-10-4-2-3-5-12(10)14/h2-5,11H,6-9,15H2,1H3. The van der Waals surface area contributed by atoms with Gasteiger partial charge in [-0.1, -0.05) is 41.1 Å². The number of halogens is 1. The van der Waals surface area contributed by atoms with Crippen molar-refractivity contribution in [1.82, 2.24) is 0 Å². The molecular weight excluding hydrogens is 250 g/mol. The van der Waals surface area contributed by atoms with Crippen LogP contribution >= 0.6 is 15.9 Å². The summed E-state index contributed by atoms with van der Waals surface area (Å²) in [5.41, 5.74) is 7.61. The van der Waals surface area contributed by atoms with Crippen LogP contribution in [0.5, 0.6) is 0 Å². The zero-order chi connectivity index (χ0) is 10.9. The fourth-order valence-electron chi connectivity index (χ4n) is 2.24. The molecule has 1 nitrogen and oxygen atoms in total. The Morgan fingerprint density at radius 3 is 2.60 bits per heavy atom. The van der Waals surface area contributed by atoms with Crippen molar-refractivity contribution >= 4 is 15.9 Å². The van der Waals surface area contributed by atoms with Crippen LogP contribution in [0.1, 0.15) is 25.3 Å². The van der Waals surface area contributed by atoms with Gasteiger partial charge in [-0.25, -0.2) is 0 Å². The molecule has 82 valence electrons. The van der Waals surface area contributed by atoms with Gasteiger partial charge < -0.3 is 5.73 Å². The smallest absolute Gasteiger partial charge is 0.0207 e. The van der Waals surface area contributed by atoms with Crippen LogP contribution in [0, 0.1) is 11.3 Å². The van der Waals surface area contributed by atoms with Gasteiger partial charge in [0, 0.05) is 4.47 Å². The van der Waals surface area contributed by atoms with Crippen molar-refractivity contribution in [1.29, 1.82) is 0 Å². The molecule has 0 spiro atoms. The fraction of sp³-hybridized carbons (Fsp3) is 0.538. The third-order valence-corrected chi connectivity index (χ3v) is 4.36. The fourth-order valence-corrected chi connectivity index (χ4v) is 2.67. The lowest BCUT2D eigenvalue weighted by molar-refractivity contribution is 0.281. The van der Waals surface area contributed by atoms with Crippen LogP contribution in [0.15, 0.2) is 28.7 Å².